The van der Waals surface area contributed by atoms with Gasteiger partial charge in [0.05, 0.1) is 0 Å². The third-order valence-corrected chi connectivity index (χ3v) is 2.83. The average Bonchev–Trinajstić information content (AvgIpc) is 2.65. The van der Waals surface area contributed by atoms with Crippen LogP contribution in [0.2, 0.25) is 0 Å². The summed E-state index contributed by atoms with van der Waals surface area (Å²) >= 11 is 11.2. The number of hydrogen-bond donors (Lipinski definition) is 0. The minimum atomic E-state index is -0.396. The maximum Gasteiger partial charge on any atom is 0.206 e. The Morgan fingerprint density at radius 2 is 0.826 bits per heavy atom. The molecule has 0 unspecified atom stereocenters. The highest BCUT2D eigenvalue weighted by atomic mass is 35.5. The zero-order chi connectivity index (χ0) is 18.3. The van der Waals surface area contributed by atoms with Crippen LogP contribution in [0, 0.1) is 0 Å². The fraction of sp³-hybridized carbons (Fsp3) is 0. The molecule has 134 valence electrons. The molecule has 1 aliphatic carbocycles. The first kappa shape index (κ1) is 29.3. The van der Waals surface area contributed by atoms with Crippen molar-refractivity contribution < 1.29 is 50.9 Å². The SMILES string of the molecule is F.FF.FF.FF.FF.O=C1C(Cl)=C(Cl)C(=O)c2ccccc21. The molecule has 13 heteroatoms. The first-order chi connectivity index (χ1) is 10.6. The predicted molar refractivity (Wildman–Crippen MR) is 65.2 cm³/mol. The molecule has 0 heterocycles. The molecular formula is C10H5Cl2F9O2. The second-order valence-corrected chi connectivity index (χ2v) is 3.59. The summed E-state index contributed by atoms with van der Waals surface area (Å²) in [5.74, 6) is -0.793. The lowest BCUT2D eigenvalue weighted by Gasteiger charge is -2.12. The lowest BCUT2D eigenvalue weighted by atomic mass is 9.95. The van der Waals surface area contributed by atoms with Crippen molar-refractivity contribution in [2.45, 2.75) is 0 Å². The molecule has 0 aliphatic heterocycles. The molecule has 0 fully saturated rings. The molecule has 0 atom stereocenters. The van der Waals surface area contributed by atoms with Gasteiger partial charge in [0.1, 0.15) is 10.1 Å². The molecule has 0 radical (unpaired) electrons. The van der Waals surface area contributed by atoms with Gasteiger partial charge in [-0.05, 0) is 0 Å². The lowest BCUT2D eigenvalue weighted by molar-refractivity contribution is 0.0987. The topological polar surface area (TPSA) is 34.1 Å². The zero-order valence-corrected chi connectivity index (χ0v) is 11.8. The van der Waals surface area contributed by atoms with Crippen LogP contribution in [0.3, 0.4) is 0 Å². The number of halogens is 11. The van der Waals surface area contributed by atoms with Crippen molar-refractivity contribution in [3.05, 3.63) is 45.5 Å². The number of fused-ring (bicyclic) bond motifs is 1. The van der Waals surface area contributed by atoms with E-state index >= 15 is 0 Å². The Hall–Kier alpha value is -1.75. The molecule has 0 saturated heterocycles. The fourth-order valence-electron chi connectivity index (χ4n) is 1.31. The molecule has 23 heavy (non-hydrogen) atoms. The monoisotopic (exact) mass is 398 g/mol. The number of carbonyl (C=O) groups excluding carboxylic acids is 2. The van der Waals surface area contributed by atoms with E-state index < -0.39 is 11.6 Å². The molecule has 0 aromatic heterocycles. The number of ketones is 2. The number of carbonyl (C=O) groups is 2. The Bertz CT molecular complexity index is 454. The van der Waals surface area contributed by atoms with E-state index in [0.29, 0.717) is 11.1 Å². The number of hydrogen-bond acceptors (Lipinski definition) is 2. The van der Waals surface area contributed by atoms with E-state index in [1.54, 1.807) is 24.3 Å². The van der Waals surface area contributed by atoms with Gasteiger partial charge >= 0.3 is 0 Å². The summed E-state index contributed by atoms with van der Waals surface area (Å²) in [6, 6.07) is 6.46. The van der Waals surface area contributed by atoms with E-state index in [0.717, 1.165) is 0 Å². The fourth-order valence-corrected chi connectivity index (χ4v) is 1.69. The summed E-state index contributed by atoms with van der Waals surface area (Å²) in [5, 5.41) is -0.397. The Morgan fingerprint density at radius 1 is 0.609 bits per heavy atom. The van der Waals surface area contributed by atoms with Crippen molar-refractivity contribution in [2.24, 2.45) is 0 Å². The smallest absolute Gasteiger partial charge is 0.206 e. The average molecular weight is 399 g/mol. The van der Waals surface area contributed by atoms with Crippen LogP contribution in [0.5, 0.6) is 0 Å². The van der Waals surface area contributed by atoms with Crippen molar-refractivity contribution in [3.8, 4) is 0 Å². The molecule has 0 saturated carbocycles. The highest BCUT2D eigenvalue weighted by molar-refractivity contribution is 6.59. The van der Waals surface area contributed by atoms with Gasteiger partial charge in [-0.15, -0.1) is 0 Å². The van der Waals surface area contributed by atoms with Crippen LogP contribution < -0.4 is 0 Å². The second-order valence-electron chi connectivity index (χ2n) is 2.83. The summed E-state index contributed by atoms with van der Waals surface area (Å²) in [6.07, 6.45) is 0. The van der Waals surface area contributed by atoms with E-state index in [9.17, 15) is 9.59 Å². The van der Waals surface area contributed by atoms with Gasteiger partial charge in [-0.1, -0.05) is 47.5 Å². The lowest BCUT2D eigenvalue weighted by Crippen LogP contribution is -2.17. The highest BCUT2D eigenvalue weighted by Crippen LogP contribution is 2.30. The van der Waals surface area contributed by atoms with Crippen LogP contribution in [-0.2, 0) is 0 Å². The van der Waals surface area contributed by atoms with Crippen LogP contribution in [0.15, 0.2) is 34.3 Å². The molecule has 0 bridgehead atoms. The van der Waals surface area contributed by atoms with Crippen molar-refractivity contribution in [3.63, 3.8) is 0 Å². The molecule has 2 nitrogen and oxygen atoms in total. The van der Waals surface area contributed by atoms with Crippen molar-refractivity contribution in [2.75, 3.05) is 0 Å². The van der Waals surface area contributed by atoms with Crippen LogP contribution in [0.25, 0.3) is 0 Å². The zero-order valence-electron chi connectivity index (χ0n) is 10.3. The van der Waals surface area contributed by atoms with Crippen LogP contribution >= 0.6 is 23.2 Å². The first-order valence-electron chi connectivity index (χ1n) is 4.43. The van der Waals surface area contributed by atoms with Crippen molar-refractivity contribution in [1.29, 1.82) is 0 Å². The largest absolute Gasteiger partial charge is 0.288 e. The molecular weight excluding hydrogens is 394 g/mol. The normalized spacial score (nSPS) is 10.7. The van der Waals surface area contributed by atoms with Crippen molar-refractivity contribution >= 4 is 34.8 Å². The third-order valence-electron chi connectivity index (χ3n) is 2.01. The quantitative estimate of drug-likeness (QED) is 0.482. The van der Waals surface area contributed by atoms with Crippen molar-refractivity contribution in [1.82, 2.24) is 0 Å². The summed E-state index contributed by atoms with van der Waals surface area (Å²) < 4.78 is 64.0. The van der Waals surface area contributed by atoms with Gasteiger partial charge < -0.3 is 0 Å². The number of rotatable bonds is 0. The van der Waals surface area contributed by atoms with E-state index in [2.05, 4.69) is 0 Å². The number of allylic oxidation sites excluding steroid dienone is 2. The van der Waals surface area contributed by atoms with Crippen LogP contribution in [0.4, 0.5) is 41.3 Å². The maximum atomic E-state index is 11.5. The molecule has 0 N–H and O–H groups in total. The molecule has 2 rings (SSSR count). The number of Topliss-reactive ketones (excluding diaryl/α,β-unsaturated/α-hetero) is 2. The Kier molecular flexibility index (Phi) is 23.3. The molecule has 0 spiro atoms. The summed E-state index contributed by atoms with van der Waals surface area (Å²) in [6.45, 7) is 0. The third kappa shape index (κ3) is 7.88. The summed E-state index contributed by atoms with van der Waals surface area (Å²) in [5.41, 5.74) is 0.624. The molecule has 1 aliphatic rings. The first-order valence-corrected chi connectivity index (χ1v) is 5.19. The second kappa shape index (κ2) is 18.3. The number of benzene rings is 1. The molecule has 1 aromatic rings. The van der Waals surface area contributed by atoms with Gasteiger partial charge in [0.2, 0.25) is 11.6 Å². The van der Waals surface area contributed by atoms with E-state index in [1.807, 2.05) is 0 Å². The van der Waals surface area contributed by atoms with Crippen LogP contribution in [0.1, 0.15) is 20.7 Å². The van der Waals surface area contributed by atoms with E-state index in [-0.39, 0.29) is 14.8 Å². The minimum Gasteiger partial charge on any atom is -0.288 e. The standard InChI is InChI=1S/C10H4Cl2O2.4F2.FH/c11-7-8(12)10(14)6-4-2-1-3-5(6)9(7)13;4*1-2;/h1-4H;;;;;1H. The van der Waals surface area contributed by atoms with E-state index in [4.69, 9.17) is 59.8 Å². The van der Waals surface area contributed by atoms with Crippen LogP contribution in [-0.4, -0.2) is 11.6 Å². The Labute approximate surface area is 132 Å². The summed E-state index contributed by atoms with van der Waals surface area (Å²) in [7, 11) is 0. The highest BCUT2D eigenvalue weighted by Gasteiger charge is 2.29. The maximum absolute atomic E-state index is 11.5. The van der Waals surface area contributed by atoms with Gasteiger partial charge in [0, 0.05) is 47.7 Å². The Morgan fingerprint density at radius 3 is 1.04 bits per heavy atom. The predicted octanol–water partition coefficient (Wildman–Crippen LogP) is 6.27. The molecule has 1 aromatic carbocycles. The van der Waals surface area contributed by atoms with Gasteiger partial charge in [-0.25, -0.2) is 0 Å². The van der Waals surface area contributed by atoms with Gasteiger partial charge in [0.25, 0.3) is 0 Å². The van der Waals surface area contributed by atoms with Gasteiger partial charge in [-0.3, -0.25) is 14.3 Å². The molecule has 0 amide bonds. The summed E-state index contributed by atoms with van der Waals surface area (Å²) in [4.78, 5) is 23.1. The van der Waals surface area contributed by atoms with Gasteiger partial charge in [0.15, 0.2) is 0 Å². The van der Waals surface area contributed by atoms with Gasteiger partial charge in [-0.2, -0.15) is 0 Å². The minimum absolute atomic E-state index is 0. The van der Waals surface area contributed by atoms with E-state index in [1.165, 1.54) is 0 Å². The Balaban J connectivity index is -0.000000176.